The summed E-state index contributed by atoms with van der Waals surface area (Å²) >= 11 is 0. The fourth-order valence-corrected chi connectivity index (χ4v) is 3.44. The molecule has 0 bridgehead atoms. The largest absolute Gasteiger partial charge is 0.328 e. The number of halogens is 1. The third-order valence-corrected chi connectivity index (χ3v) is 5.03. The second-order valence-electron chi connectivity index (χ2n) is 4.38. The molecule has 1 saturated heterocycles. The number of piperidine rings is 1. The second-order valence-corrected chi connectivity index (χ2v) is 6.32. The molecule has 0 aliphatic carbocycles. The summed E-state index contributed by atoms with van der Waals surface area (Å²) in [6.07, 6.45) is 1.38. The summed E-state index contributed by atoms with van der Waals surface area (Å²) < 4.78 is 26.0. The van der Waals surface area contributed by atoms with Crippen molar-refractivity contribution in [1.29, 1.82) is 5.26 Å². The van der Waals surface area contributed by atoms with Gasteiger partial charge in [-0.15, -0.1) is 12.4 Å². The number of rotatable bonds is 2. The number of nitriles is 1. The first-order valence-electron chi connectivity index (χ1n) is 5.80. The monoisotopic (exact) mass is 301 g/mol. The molecule has 2 N–H and O–H groups in total. The first-order valence-corrected chi connectivity index (χ1v) is 7.24. The summed E-state index contributed by atoms with van der Waals surface area (Å²) in [6.45, 7) is 0.924. The molecule has 0 amide bonds. The van der Waals surface area contributed by atoms with Crippen LogP contribution in [0.2, 0.25) is 0 Å². The van der Waals surface area contributed by atoms with Crippen molar-refractivity contribution in [3.63, 3.8) is 0 Å². The molecule has 5 nitrogen and oxygen atoms in total. The van der Waals surface area contributed by atoms with E-state index in [1.54, 1.807) is 0 Å². The summed E-state index contributed by atoms with van der Waals surface area (Å²) in [6, 6.07) is 8.04. The lowest BCUT2D eigenvalue weighted by Crippen LogP contribution is -2.42. The van der Waals surface area contributed by atoms with Crippen LogP contribution in [0.15, 0.2) is 29.2 Å². The van der Waals surface area contributed by atoms with E-state index in [0.717, 1.165) is 0 Å². The van der Waals surface area contributed by atoms with Crippen LogP contribution in [-0.2, 0) is 10.0 Å². The highest BCUT2D eigenvalue weighted by molar-refractivity contribution is 7.89. The average molecular weight is 302 g/mol. The summed E-state index contributed by atoms with van der Waals surface area (Å²) in [5.74, 6) is 0. The predicted octanol–water partition coefficient (Wildman–Crippen LogP) is 1.09. The van der Waals surface area contributed by atoms with Gasteiger partial charge in [-0.3, -0.25) is 0 Å². The summed E-state index contributed by atoms with van der Waals surface area (Å²) in [5, 5.41) is 8.69. The van der Waals surface area contributed by atoms with Crippen LogP contribution in [-0.4, -0.2) is 31.9 Å². The highest BCUT2D eigenvalue weighted by Crippen LogP contribution is 2.20. The molecule has 0 aromatic heterocycles. The van der Waals surface area contributed by atoms with Gasteiger partial charge in [0.2, 0.25) is 10.0 Å². The quantitative estimate of drug-likeness (QED) is 0.886. The van der Waals surface area contributed by atoms with Gasteiger partial charge in [-0.1, -0.05) is 0 Å². The molecule has 0 unspecified atom stereocenters. The number of hydrogen-bond acceptors (Lipinski definition) is 4. The molecular weight excluding hydrogens is 286 g/mol. The van der Waals surface area contributed by atoms with Gasteiger partial charge in [0.25, 0.3) is 0 Å². The van der Waals surface area contributed by atoms with Gasteiger partial charge in [0.15, 0.2) is 0 Å². The molecular formula is C12H16ClN3O2S. The Labute approximate surface area is 119 Å². The van der Waals surface area contributed by atoms with E-state index in [4.69, 9.17) is 11.0 Å². The standard InChI is InChI=1S/C12H15N3O2S.ClH/c13-9-10-1-3-12(4-2-10)18(16,17)15-7-5-11(14)6-8-15;/h1-4,11H,5-8,14H2;1H. The minimum Gasteiger partial charge on any atom is -0.328 e. The van der Waals surface area contributed by atoms with Gasteiger partial charge in [-0.05, 0) is 37.1 Å². The van der Waals surface area contributed by atoms with Crippen LogP contribution in [0.1, 0.15) is 18.4 Å². The van der Waals surface area contributed by atoms with Crippen LogP contribution in [0.3, 0.4) is 0 Å². The van der Waals surface area contributed by atoms with E-state index < -0.39 is 10.0 Å². The second kappa shape index (κ2) is 6.35. The SMILES string of the molecule is Cl.N#Cc1ccc(S(=O)(=O)N2CCC(N)CC2)cc1. The molecule has 1 fully saturated rings. The summed E-state index contributed by atoms with van der Waals surface area (Å²) in [7, 11) is -3.44. The number of nitrogens with two attached hydrogens (primary N) is 1. The molecule has 1 aromatic rings. The Kier molecular flexibility index (Phi) is 5.32. The number of sulfonamides is 1. The molecule has 19 heavy (non-hydrogen) atoms. The van der Waals surface area contributed by atoms with E-state index in [2.05, 4.69) is 0 Å². The molecule has 7 heteroatoms. The van der Waals surface area contributed by atoms with E-state index >= 15 is 0 Å². The van der Waals surface area contributed by atoms with Crippen molar-refractivity contribution < 1.29 is 8.42 Å². The Morgan fingerprint density at radius 3 is 2.21 bits per heavy atom. The van der Waals surface area contributed by atoms with Crippen LogP contribution >= 0.6 is 12.4 Å². The van der Waals surface area contributed by atoms with E-state index in [1.807, 2.05) is 6.07 Å². The van der Waals surface area contributed by atoms with Gasteiger partial charge < -0.3 is 5.73 Å². The maximum Gasteiger partial charge on any atom is 0.243 e. The first kappa shape index (κ1) is 15.9. The van der Waals surface area contributed by atoms with Crippen LogP contribution < -0.4 is 5.73 Å². The molecule has 0 saturated carbocycles. The Morgan fingerprint density at radius 2 is 1.74 bits per heavy atom. The third kappa shape index (κ3) is 3.45. The molecule has 104 valence electrons. The predicted molar refractivity (Wildman–Crippen MR) is 74.4 cm³/mol. The summed E-state index contributed by atoms with van der Waals surface area (Å²) in [5.41, 5.74) is 6.21. The van der Waals surface area contributed by atoms with Gasteiger partial charge >= 0.3 is 0 Å². The fourth-order valence-electron chi connectivity index (χ4n) is 1.97. The Morgan fingerprint density at radius 1 is 1.21 bits per heavy atom. The topological polar surface area (TPSA) is 87.2 Å². The molecule has 1 aromatic carbocycles. The molecule has 0 radical (unpaired) electrons. The van der Waals surface area contributed by atoms with Crippen molar-refractivity contribution >= 4 is 22.4 Å². The van der Waals surface area contributed by atoms with E-state index in [-0.39, 0.29) is 23.3 Å². The fraction of sp³-hybridized carbons (Fsp3) is 0.417. The van der Waals surface area contributed by atoms with Gasteiger partial charge in [0.1, 0.15) is 0 Å². The Bertz CT molecular complexity index is 558. The maximum atomic E-state index is 12.3. The van der Waals surface area contributed by atoms with Crippen molar-refractivity contribution in [3.8, 4) is 6.07 Å². The zero-order valence-corrected chi connectivity index (χ0v) is 12.0. The van der Waals surface area contributed by atoms with Crippen LogP contribution in [0.25, 0.3) is 0 Å². The van der Waals surface area contributed by atoms with E-state index in [1.165, 1.54) is 28.6 Å². The van der Waals surface area contributed by atoms with Crippen molar-refractivity contribution in [3.05, 3.63) is 29.8 Å². The third-order valence-electron chi connectivity index (χ3n) is 3.12. The Hall–Kier alpha value is -1.13. The highest BCUT2D eigenvalue weighted by atomic mass is 35.5. The van der Waals surface area contributed by atoms with E-state index in [0.29, 0.717) is 31.5 Å². The van der Waals surface area contributed by atoms with Crippen molar-refractivity contribution in [1.82, 2.24) is 4.31 Å². The number of nitrogens with zero attached hydrogens (tertiary/aromatic N) is 2. The minimum absolute atomic E-state index is 0. The zero-order chi connectivity index (χ0) is 13.2. The zero-order valence-electron chi connectivity index (χ0n) is 10.3. The van der Waals surface area contributed by atoms with Crippen LogP contribution in [0, 0.1) is 11.3 Å². The van der Waals surface area contributed by atoms with Crippen molar-refractivity contribution in [2.45, 2.75) is 23.8 Å². The molecule has 1 aliphatic heterocycles. The summed E-state index contributed by atoms with van der Waals surface area (Å²) in [4.78, 5) is 0.233. The average Bonchev–Trinajstić information content (AvgIpc) is 2.39. The van der Waals surface area contributed by atoms with Crippen molar-refractivity contribution in [2.24, 2.45) is 5.73 Å². The highest BCUT2D eigenvalue weighted by Gasteiger charge is 2.27. The number of hydrogen-bond donors (Lipinski definition) is 1. The van der Waals surface area contributed by atoms with Gasteiger partial charge in [0.05, 0.1) is 16.5 Å². The van der Waals surface area contributed by atoms with Gasteiger partial charge in [0, 0.05) is 19.1 Å². The normalized spacial score (nSPS) is 17.5. The lowest BCUT2D eigenvalue weighted by atomic mass is 10.1. The lowest BCUT2D eigenvalue weighted by Gasteiger charge is -2.29. The maximum absolute atomic E-state index is 12.3. The van der Waals surface area contributed by atoms with E-state index in [9.17, 15) is 8.42 Å². The lowest BCUT2D eigenvalue weighted by molar-refractivity contribution is 0.320. The van der Waals surface area contributed by atoms with Crippen molar-refractivity contribution in [2.75, 3.05) is 13.1 Å². The first-order chi connectivity index (χ1) is 8.54. The molecule has 0 atom stereocenters. The molecule has 2 rings (SSSR count). The molecule has 0 spiro atoms. The Balaban J connectivity index is 0.00000180. The molecule has 1 heterocycles. The van der Waals surface area contributed by atoms with Gasteiger partial charge in [-0.2, -0.15) is 9.57 Å². The van der Waals surface area contributed by atoms with Crippen LogP contribution in [0.4, 0.5) is 0 Å². The molecule has 1 aliphatic rings. The minimum atomic E-state index is -3.44. The number of benzene rings is 1. The van der Waals surface area contributed by atoms with Gasteiger partial charge in [-0.25, -0.2) is 8.42 Å². The van der Waals surface area contributed by atoms with Crippen LogP contribution in [0.5, 0.6) is 0 Å². The smallest absolute Gasteiger partial charge is 0.243 e.